The number of benzene rings is 1. The van der Waals surface area contributed by atoms with Crippen LogP contribution in [-0.2, 0) is 0 Å². The van der Waals surface area contributed by atoms with Crippen molar-refractivity contribution in [3.63, 3.8) is 0 Å². The number of imidazole rings is 1. The van der Waals surface area contributed by atoms with Crippen molar-refractivity contribution in [2.45, 2.75) is 11.4 Å². The van der Waals surface area contributed by atoms with Gasteiger partial charge in [0, 0.05) is 17.8 Å². The van der Waals surface area contributed by atoms with Gasteiger partial charge >= 0.3 is 12.0 Å². The van der Waals surface area contributed by atoms with Crippen LogP contribution >= 0.6 is 11.8 Å². The molecule has 9 nitrogen and oxygen atoms in total. The smallest absolute Gasteiger partial charge is 0.406 e. The normalized spacial score (nSPS) is 11.3. The average molecular weight is 382 g/mol. The Kier molecular flexibility index (Phi) is 4.34. The molecule has 0 aliphatic rings. The third kappa shape index (κ3) is 3.49. The molecule has 0 aliphatic carbocycles. The third-order valence-corrected chi connectivity index (χ3v) is 3.61. The molecule has 0 atom stereocenters. The van der Waals surface area contributed by atoms with Gasteiger partial charge in [0.05, 0.1) is 16.0 Å². The Balaban J connectivity index is 2.10. The molecule has 2 aromatic heterocycles. The van der Waals surface area contributed by atoms with Crippen LogP contribution in [0.3, 0.4) is 0 Å². The van der Waals surface area contributed by atoms with Gasteiger partial charge in [-0.2, -0.15) is 10.2 Å². The number of thiocyanates is 1. The molecule has 0 aliphatic heterocycles. The number of nitrogens with zero attached hydrogens (tertiary/aromatic N) is 6. The van der Waals surface area contributed by atoms with Crippen LogP contribution in [0.15, 0.2) is 35.7 Å². The lowest BCUT2D eigenvalue weighted by Gasteiger charge is -2.09. The van der Waals surface area contributed by atoms with Crippen molar-refractivity contribution < 1.29 is 22.8 Å². The van der Waals surface area contributed by atoms with E-state index in [1.54, 1.807) is 5.40 Å². The zero-order valence-electron chi connectivity index (χ0n) is 12.3. The predicted octanol–water partition coefficient (Wildman–Crippen LogP) is 3.20. The highest BCUT2D eigenvalue weighted by Gasteiger charge is 2.31. The molecule has 13 heteroatoms. The lowest BCUT2D eigenvalue weighted by molar-refractivity contribution is -0.388. The molecule has 0 spiro atoms. The summed E-state index contributed by atoms with van der Waals surface area (Å²) in [5, 5.41) is 21.2. The molecule has 1 aromatic carbocycles. The second-order valence-electron chi connectivity index (χ2n) is 4.62. The lowest BCUT2D eigenvalue weighted by Crippen LogP contribution is -2.17. The Bertz CT molecular complexity index is 1050. The molecular weight excluding hydrogens is 377 g/mol. The maximum atomic E-state index is 12.4. The summed E-state index contributed by atoms with van der Waals surface area (Å²) in [7, 11) is 0. The summed E-state index contributed by atoms with van der Waals surface area (Å²) in [4.78, 5) is 22.0. The molecule has 2 heterocycles. The van der Waals surface area contributed by atoms with Crippen LogP contribution in [-0.4, -0.2) is 30.8 Å². The summed E-state index contributed by atoms with van der Waals surface area (Å²) in [5.74, 6) is -0.569. The highest BCUT2D eigenvalue weighted by molar-refractivity contribution is 8.03. The van der Waals surface area contributed by atoms with Crippen LogP contribution in [0.5, 0.6) is 5.75 Å². The van der Waals surface area contributed by atoms with E-state index in [4.69, 9.17) is 5.26 Å². The number of ether oxygens (including phenoxy) is 1. The van der Waals surface area contributed by atoms with E-state index < -0.39 is 22.7 Å². The molecular formula is C13H5F3N6O3S. The van der Waals surface area contributed by atoms with Gasteiger partial charge < -0.3 is 4.74 Å². The van der Waals surface area contributed by atoms with E-state index in [-0.39, 0.29) is 16.5 Å². The van der Waals surface area contributed by atoms with Crippen molar-refractivity contribution >= 4 is 28.5 Å². The monoisotopic (exact) mass is 382 g/mol. The molecule has 26 heavy (non-hydrogen) atoms. The van der Waals surface area contributed by atoms with E-state index in [0.29, 0.717) is 17.3 Å². The molecule has 3 rings (SSSR count). The Morgan fingerprint density at radius 1 is 1.35 bits per heavy atom. The quantitative estimate of drug-likeness (QED) is 0.222. The van der Waals surface area contributed by atoms with E-state index in [9.17, 15) is 23.3 Å². The number of alkyl halides is 3. The van der Waals surface area contributed by atoms with E-state index in [0.717, 1.165) is 18.3 Å². The lowest BCUT2D eigenvalue weighted by atomic mass is 10.3. The Morgan fingerprint density at radius 2 is 2.12 bits per heavy atom. The Labute approximate surface area is 146 Å². The number of nitro groups is 1. The van der Waals surface area contributed by atoms with Crippen LogP contribution in [0.25, 0.3) is 17.0 Å². The second-order valence-corrected chi connectivity index (χ2v) is 5.40. The van der Waals surface area contributed by atoms with Crippen molar-refractivity contribution in [1.82, 2.24) is 19.5 Å². The van der Waals surface area contributed by atoms with Gasteiger partial charge in [-0.25, -0.2) is 9.97 Å². The number of nitriles is 1. The fourth-order valence-corrected chi connectivity index (χ4v) is 2.50. The molecule has 0 N–H and O–H groups in total. The number of hydrogen-bond donors (Lipinski definition) is 0. The standard InChI is InChI=1S/C13H5F3N6O3S/c14-13(15,16)25-7-1-2-8-9(3-7)21(6-19-8)12-18-4-10(22(23)24)11(20-12)26-5-17/h1-4,6H. The summed E-state index contributed by atoms with van der Waals surface area (Å²) >= 11 is 0.464. The van der Waals surface area contributed by atoms with Crippen LogP contribution in [0.4, 0.5) is 18.9 Å². The number of halogens is 3. The van der Waals surface area contributed by atoms with Crippen molar-refractivity contribution in [3.8, 4) is 17.1 Å². The highest BCUT2D eigenvalue weighted by atomic mass is 32.2. The number of fused-ring (bicyclic) bond motifs is 1. The summed E-state index contributed by atoms with van der Waals surface area (Å²) in [6.45, 7) is 0. The number of thioether (sulfide) groups is 1. The van der Waals surface area contributed by atoms with Gasteiger partial charge in [-0.05, 0) is 12.1 Å². The average Bonchev–Trinajstić information content (AvgIpc) is 2.96. The third-order valence-electron chi connectivity index (χ3n) is 3.03. The first-order valence-corrected chi connectivity index (χ1v) is 7.41. The predicted molar refractivity (Wildman–Crippen MR) is 81.5 cm³/mol. The van der Waals surface area contributed by atoms with Gasteiger partial charge in [-0.1, -0.05) is 0 Å². The van der Waals surface area contributed by atoms with Crippen LogP contribution < -0.4 is 4.74 Å². The van der Waals surface area contributed by atoms with Crippen LogP contribution in [0, 0.1) is 20.8 Å². The molecule has 132 valence electrons. The fourth-order valence-electron chi connectivity index (χ4n) is 2.05. The molecule has 0 bridgehead atoms. The van der Waals surface area contributed by atoms with Gasteiger partial charge in [-0.3, -0.25) is 14.7 Å². The first-order chi connectivity index (χ1) is 12.3. The summed E-state index contributed by atoms with van der Waals surface area (Å²) in [5.41, 5.74) is 0.0512. The molecule has 0 saturated carbocycles. The van der Waals surface area contributed by atoms with Crippen molar-refractivity contribution in [3.05, 3.63) is 40.8 Å². The highest BCUT2D eigenvalue weighted by Crippen LogP contribution is 2.29. The van der Waals surface area contributed by atoms with Crippen molar-refractivity contribution in [1.29, 1.82) is 5.26 Å². The van der Waals surface area contributed by atoms with E-state index in [1.165, 1.54) is 17.0 Å². The molecule has 0 fully saturated rings. The van der Waals surface area contributed by atoms with E-state index in [2.05, 4.69) is 19.7 Å². The van der Waals surface area contributed by atoms with Gasteiger partial charge in [0.15, 0.2) is 5.03 Å². The number of hydrogen-bond acceptors (Lipinski definition) is 8. The zero-order chi connectivity index (χ0) is 18.9. The SMILES string of the molecule is N#CSc1nc(-n2cnc3ccc(OC(F)(F)F)cc32)ncc1[N+](=O)[O-]. The summed E-state index contributed by atoms with van der Waals surface area (Å²) in [6, 6.07) is 3.49. The molecule has 3 aromatic rings. The van der Waals surface area contributed by atoms with Gasteiger partial charge in [0.2, 0.25) is 5.95 Å². The molecule has 0 saturated heterocycles. The summed E-state index contributed by atoms with van der Waals surface area (Å²) < 4.78 is 42.2. The molecule has 0 unspecified atom stereocenters. The Morgan fingerprint density at radius 3 is 2.77 bits per heavy atom. The van der Waals surface area contributed by atoms with Gasteiger partial charge in [-0.15, -0.1) is 13.2 Å². The topological polar surface area (TPSA) is 120 Å². The fraction of sp³-hybridized carbons (Fsp3) is 0.0769. The van der Waals surface area contributed by atoms with Crippen molar-refractivity contribution in [2.75, 3.05) is 0 Å². The van der Waals surface area contributed by atoms with Crippen LogP contribution in [0.1, 0.15) is 0 Å². The van der Waals surface area contributed by atoms with Crippen LogP contribution in [0.2, 0.25) is 0 Å². The maximum absolute atomic E-state index is 12.4. The summed E-state index contributed by atoms with van der Waals surface area (Å²) in [6.07, 6.45) is -2.72. The Hall–Kier alpha value is -3.40. The first kappa shape index (κ1) is 17.4. The number of rotatable bonds is 4. The minimum Gasteiger partial charge on any atom is -0.406 e. The number of aromatic nitrogens is 4. The second kappa shape index (κ2) is 6.48. The van der Waals surface area contributed by atoms with Gasteiger partial charge in [0.25, 0.3) is 0 Å². The molecule has 0 amide bonds. The minimum absolute atomic E-state index is 0.0972. The van der Waals surface area contributed by atoms with Crippen molar-refractivity contribution in [2.24, 2.45) is 0 Å². The van der Waals surface area contributed by atoms with E-state index in [1.807, 2.05) is 0 Å². The van der Waals surface area contributed by atoms with E-state index >= 15 is 0 Å². The largest absolute Gasteiger partial charge is 0.573 e. The molecule has 0 radical (unpaired) electrons. The first-order valence-electron chi connectivity index (χ1n) is 6.59. The minimum atomic E-state index is -4.86. The maximum Gasteiger partial charge on any atom is 0.573 e. The zero-order valence-corrected chi connectivity index (χ0v) is 13.2. The van der Waals surface area contributed by atoms with Gasteiger partial charge in [0.1, 0.15) is 23.7 Å².